The van der Waals surface area contributed by atoms with Gasteiger partial charge in [0.05, 0.1) is 11.9 Å². The number of nitrogens with zero attached hydrogens (tertiary/aromatic N) is 2. The Balaban J connectivity index is 2.05. The zero-order valence-corrected chi connectivity index (χ0v) is 12.7. The first kappa shape index (κ1) is 14.3. The van der Waals surface area contributed by atoms with Gasteiger partial charge in [0.15, 0.2) is 0 Å². The second-order valence-electron chi connectivity index (χ2n) is 6.66. The van der Waals surface area contributed by atoms with E-state index in [4.69, 9.17) is 0 Å². The fourth-order valence-electron chi connectivity index (χ4n) is 3.03. The summed E-state index contributed by atoms with van der Waals surface area (Å²) in [4.78, 5) is 6.80. The summed E-state index contributed by atoms with van der Waals surface area (Å²) in [6.07, 6.45) is 6.48. The fraction of sp³-hybridized carbons (Fsp3) is 0.688. The molecule has 1 N–H and O–H groups in total. The predicted molar refractivity (Wildman–Crippen MR) is 81.4 cm³/mol. The molecule has 19 heavy (non-hydrogen) atoms. The first-order chi connectivity index (χ1) is 9.02. The van der Waals surface area contributed by atoms with Crippen LogP contribution in [0.3, 0.4) is 0 Å². The summed E-state index contributed by atoms with van der Waals surface area (Å²) in [5.41, 5.74) is 3.10. The highest BCUT2D eigenvalue weighted by atomic mass is 15.1. The molecule has 1 aromatic heterocycles. The average Bonchev–Trinajstić information content (AvgIpc) is 2.39. The number of pyridine rings is 1. The zero-order chi connectivity index (χ0) is 13.9. The van der Waals surface area contributed by atoms with Crippen molar-refractivity contribution in [3.8, 4) is 0 Å². The number of hydrogen-bond donors (Lipinski definition) is 1. The lowest BCUT2D eigenvalue weighted by atomic mass is 9.75. The highest BCUT2D eigenvalue weighted by molar-refractivity contribution is 5.52. The van der Waals surface area contributed by atoms with Gasteiger partial charge in [-0.25, -0.2) is 0 Å². The molecule has 2 rings (SSSR count). The summed E-state index contributed by atoms with van der Waals surface area (Å²) in [6, 6.07) is 2.13. The number of nitrogens with one attached hydrogen (secondary N) is 1. The first-order valence-corrected chi connectivity index (χ1v) is 7.35. The third-order valence-corrected chi connectivity index (χ3v) is 4.32. The third kappa shape index (κ3) is 3.47. The molecular formula is C16H27N3. The molecule has 1 saturated heterocycles. The van der Waals surface area contributed by atoms with Crippen LogP contribution in [-0.4, -0.2) is 25.1 Å². The molecule has 0 radical (unpaired) electrons. The molecule has 0 bridgehead atoms. The Labute approximate surface area is 117 Å². The maximum absolute atomic E-state index is 4.30. The summed E-state index contributed by atoms with van der Waals surface area (Å²) >= 11 is 0. The van der Waals surface area contributed by atoms with E-state index in [0.717, 1.165) is 25.6 Å². The van der Waals surface area contributed by atoms with Crippen LogP contribution in [-0.2, 0) is 6.54 Å². The quantitative estimate of drug-likeness (QED) is 0.906. The molecule has 3 nitrogen and oxygen atoms in total. The van der Waals surface area contributed by atoms with Gasteiger partial charge >= 0.3 is 0 Å². The molecule has 0 atom stereocenters. The van der Waals surface area contributed by atoms with Crippen molar-refractivity contribution in [1.29, 1.82) is 0 Å². The van der Waals surface area contributed by atoms with Crippen LogP contribution in [0.2, 0.25) is 0 Å². The summed E-state index contributed by atoms with van der Waals surface area (Å²) in [7, 11) is 2.00. The molecule has 3 heteroatoms. The Hall–Kier alpha value is -1.09. The minimum atomic E-state index is 0.439. The van der Waals surface area contributed by atoms with E-state index in [2.05, 4.69) is 42.0 Å². The van der Waals surface area contributed by atoms with Gasteiger partial charge in [-0.05, 0) is 42.9 Å². The van der Waals surface area contributed by atoms with Crippen molar-refractivity contribution in [3.05, 3.63) is 24.0 Å². The van der Waals surface area contributed by atoms with Crippen molar-refractivity contribution in [3.63, 3.8) is 0 Å². The lowest BCUT2D eigenvalue weighted by Crippen LogP contribution is -2.38. The van der Waals surface area contributed by atoms with Crippen LogP contribution in [0, 0.1) is 11.3 Å². The molecule has 0 spiro atoms. The molecule has 0 saturated carbocycles. The van der Waals surface area contributed by atoms with Gasteiger partial charge in [0.1, 0.15) is 0 Å². The lowest BCUT2D eigenvalue weighted by molar-refractivity contribution is 0.199. The Morgan fingerprint density at radius 2 is 2.00 bits per heavy atom. The predicted octanol–water partition coefficient (Wildman–Crippen LogP) is 3.06. The number of piperidine rings is 1. The minimum absolute atomic E-state index is 0.439. The smallest absolute Gasteiger partial charge is 0.0598 e. The number of aromatic nitrogens is 1. The second kappa shape index (κ2) is 5.91. The molecule has 1 aromatic rings. The monoisotopic (exact) mass is 261 g/mol. The number of rotatable bonds is 3. The van der Waals surface area contributed by atoms with Gasteiger partial charge in [0.25, 0.3) is 0 Å². The van der Waals surface area contributed by atoms with Gasteiger partial charge in [-0.3, -0.25) is 4.98 Å². The standard InChI is InChI=1S/C16H27N3/c1-16(2,3)14-6-9-19(10-7-14)15-12-18-8-5-13(15)11-17-4/h5,8,12,14,17H,6-7,9-11H2,1-4H3. The van der Waals surface area contributed by atoms with E-state index in [-0.39, 0.29) is 0 Å². The average molecular weight is 261 g/mol. The Morgan fingerprint density at radius 3 is 2.58 bits per heavy atom. The summed E-state index contributed by atoms with van der Waals surface area (Å²) in [5, 5.41) is 3.24. The maximum Gasteiger partial charge on any atom is 0.0598 e. The fourth-order valence-corrected chi connectivity index (χ4v) is 3.03. The first-order valence-electron chi connectivity index (χ1n) is 7.35. The van der Waals surface area contributed by atoms with Crippen molar-refractivity contribution >= 4 is 5.69 Å². The van der Waals surface area contributed by atoms with Crippen molar-refractivity contribution < 1.29 is 0 Å². The van der Waals surface area contributed by atoms with E-state index in [0.29, 0.717) is 5.41 Å². The molecular weight excluding hydrogens is 234 g/mol. The van der Waals surface area contributed by atoms with Gasteiger partial charge in [-0.2, -0.15) is 0 Å². The Bertz CT molecular complexity index is 401. The van der Waals surface area contributed by atoms with Gasteiger partial charge in [-0.1, -0.05) is 20.8 Å². The summed E-state index contributed by atoms with van der Waals surface area (Å²) < 4.78 is 0. The Kier molecular flexibility index (Phi) is 4.46. The van der Waals surface area contributed by atoms with Crippen LogP contribution in [0.15, 0.2) is 18.5 Å². The van der Waals surface area contributed by atoms with Crippen LogP contribution in [0.4, 0.5) is 5.69 Å². The van der Waals surface area contributed by atoms with Crippen molar-refractivity contribution in [2.24, 2.45) is 11.3 Å². The molecule has 0 aromatic carbocycles. The van der Waals surface area contributed by atoms with E-state index in [1.165, 1.54) is 24.1 Å². The van der Waals surface area contributed by atoms with E-state index in [1.807, 2.05) is 19.4 Å². The Morgan fingerprint density at radius 1 is 1.32 bits per heavy atom. The van der Waals surface area contributed by atoms with Crippen LogP contribution < -0.4 is 10.2 Å². The van der Waals surface area contributed by atoms with Gasteiger partial charge in [0, 0.05) is 25.8 Å². The molecule has 0 aliphatic carbocycles. The summed E-state index contributed by atoms with van der Waals surface area (Å²) in [5.74, 6) is 0.841. The van der Waals surface area contributed by atoms with Crippen molar-refractivity contribution in [2.45, 2.75) is 40.2 Å². The molecule has 106 valence electrons. The molecule has 0 amide bonds. The van der Waals surface area contributed by atoms with E-state index >= 15 is 0 Å². The normalized spacial score (nSPS) is 17.8. The van der Waals surface area contributed by atoms with Crippen molar-refractivity contribution in [1.82, 2.24) is 10.3 Å². The largest absolute Gasteiger partial charge is 0.370 e. The molecule has 0 unspecified atom stereocenters. The van der Waals surface area contributed by atoms with Crippen LogP contribution >= 0.6 is 0 Å². The van der Waals surface area contributed by atoms with Crippen LogP contribution in [0.1, 0.15) is 39.2 Å². The second-order valence-corrected chi connectivity index (χ2v) is 6.66. The number of hydrogen-bond acceptors (Lipinski definition) is 3. The van der Waals surface area contributed by atoms with E-state index in [1.54, 1.807) is 0 Å². The van der Waals surface area contributed by atoms with E-state index in [9.17, 15) is 0 Å². The molecule has 2 heterocycles. The van der Waals surface area contributed by atoms with Crippen LogP contribution in [0.25, 0.3) is 0 Å². The zero-order valence-electron chi connectivity index (χ0n) is 12.7. The van der Waals surface area contributed by atoms with Crippen molar-refractivity contribution in [2.75, 3.05) is 25.0 Å². The van der Waals surface area contributed by atoms with Gasteiger partial charge in [0.2, 0.25) is 0 Å². The number of anilines is 1. The van der Waals surface area contributed by atoms with E-state index < -0.39 is 0 Å². The highest BCUT2D eigenvalue weighted by Crippen LogP contribution is 2.35. The van der Waals surface area contributed by atoms with Gasteiger partial charge < -0.3 is 10.2 Å². The SMILES string of the molecule is CNCc1ccncc1N1CCC(C(C)(C)C)CC1. The lowest BCUT2D eigenvalue weighted by Gasteiger charge is -2.40. The van der Waals surface area contributed by atoms with Gasteiger partial charge in [-0.15, -0.1) is 0 Å². The topological polar surface area (TPSA) is 28.2 Å². The summed E-state index contributed by atoms with van der Waals surface area (Å²) in [6.45, 7) is 10.3. The molecule has 1 aliphatic rings. The minimum Gasteiger partial charge on any atom is -0.370 e. The molecule has 1 aliphatic heterocycles. The third-order valence-electron chi connectivity index (χ3n) is 4.32. The molecule has 1 fully saturated rings. The maximum atomic E-state index is 4.30. The van der Waals surface area contributed by atoms with Crippen LogP contribution in [0.5, 0.6) is 0 Å². The highest BCUT2D eigenvalue weighted by Gasteiger charge is 2.29.